The topological polar surface area (TPSA) is 26.3 Å². The maximum absolute atomic E-state index is 11.1. The number of hydrogen-bond donors (Lipinski definition) is 0. The van der Waals surface area contributed by atoms with Crippen molar-refractivity contribution in [3.8, 4) is 5.75 Å². The molecule has 14 heavy (non-hydrogen) atoms. The second-order valence-electron chi connectivity index (χ2n) is 3.05. The van der Waals surface area contributed by atoms with Crippen LogP contribution >= 0.6 is 15.9 Å². The Balaban J connectivity index is 2.83. The second kappa shape index (κ2) is 5.15. The molecule has 0 aromatic heterocycles. The van der Waals surface area contributed by atoms with Gasteiger partial charge >= 0.3 is 0 Å². The quantitative estimate of drug-likeness (QED) is 0.772. The predicted octanol–water partition coefficient (Wildman–Crippen LogP) is 3.44. The molecule has 0 N–H and O–H groups in total. The van der Waals surface area contributed by atoms with E-state index in [1.54, 1.807) is 13.0 Å². The Morgan fingerprint density at radius 1 is 1.50 bits per heavy atom. The van der Waals surface area contributed by atoms with Crippen LogP contribution in [0.25, 0.3) is 0 Å². The number of halogens is 1. The lowest BCUT2D eigenvalue weighted by atomic mass is 10.1. The molecule has 1 aromatic rings. The number of ether oxygens (including phenoxy) is 1. The van der Waals surface area contributed by atoms with Crippen molar-refractivity contribution in [1.29, 1.82) is 0 Å². The van der Waals surface area contributed by atoms with E-state index in [1.165, 1.54) is 0 Å². The van der Waals surface area contributed by atoms with Crippen molar-refractivity contribution >= 4 is 21.7 Å². The fourth-order valence-electron chi connectivity index (χ4n) is 1.09. The first-order valence-electron chi connectivity index (χ1n) is 4.58. The Labute approximate surface area is 92.4 Å². The molecule has 0 atom stereocenters. The van der Waals surface area contributed by atoms with Crippen molar-refractivity contribution in [2.45, 2.75) is 20.3 Å². The number of rotatable bonds is 4. The maximum Gasteiger partial charge on any atom is 0.160 e. The standard InChI is InChI=1S/C11H13BrO2/c1-3-6-14-9-4-5-10(8(2)13)11(12)7-9/h4-5,7H,3,6H2,1-2H3. The van der Waals surface area contributed by atoms with Gasteiger partial charge in [0.15, 0.2) is 5.78 Å². The van der Waals surface area contributed by atoms with Crippen molar-refractivity contribution in [2.75, 3.05) is 6.61 Å². The summed E-state index contributed by atoms with van der Waals surface area (Å²) >= 11 is 3.34. The molecule has 0 aliphatic rings. The number of carbonyl (C=O) groups excluding carboxylic acids is 1. The summed E-state index contributed by atoms with van der Waals surface area (Å²) in [5.41, 5.74) is 0.689. The van der Waals surface area contributed by atoms with E-state index in [2.05, 4.69) is 22.9 Å². The van der Waals surface area contributed by atoms with Gasteiger partial charge in [-0.15, -0.1) is 0 Å². The zero-order chi connectivity index (χ0) is 10.6. The summed E-state index contributed by atoms with van der Waals surface area (Å²) in [7, 11) is 0. The summed E-state index contributed by atoms with van der Waals surface area (Å²) in [6.07, 6.45) is 0.978. The average Bonchev–Trinajstić information content (AvgIpc) is 2.14. The van der Waals surface area contributed by atoms with Gasteiger partial charge in [-0.25, -0.2) is 0 Å². The fraction of sp³-hybridized carbons (Fsp3) is 0.364. The zero-order valence-corrected chi connectivity index (χ0v) is 9.93. The molecule has 76 valence electrons. The molecule has 0 fully saturated rings. The first-order chi connectivity index (χ1) is 6.65. The molecule has 1 rings (SSSR count). The highest BCUT2D eigenvalue weighted by molar-refractivity contribution is 9.10. The van der Waals surface area contributed by atoms with Crippen molar-refractivity contribution in [3.63, 3.8) is 0 Å². The van der Waals surface area contributed by atoms with Crippen LogP contribution in [0.1, 0.15) is 30.6 Å². The Hall–Kier alpha value is -0.830. The average molecular weight is 257 g/mol. The number of ketones is 1. The van der Waals surface area contributed by atoms with Crippen LogP contribution in [0.4, 0.5) is 0 Å². The summed E-state index contributed by atoms with van der Waals surface area (Å²) in [4.78, 5) is 11.1. The van der Waals surface area contributed by atoms with E-state index in [9.17, 15) is 4.79 Å². The normalized spacial score (nSPS) is 9.93. The number of carbonyl (C=O) groups is 1. The van der Waals surface area contributed by atoms with Gasteiger partial charge in [0.25, 0.3) is 0 Å². The zero-order valence-electron chi connectivity index (χ0n) is 8.34. The minimum atomic E-state index is 0.0546. The summed E-state index contributed by atoms with van der Waals surface area (Å²) < 4.78 is 6.22. The largest absolute Gasteiger partial charge is 0.494 e. The van der Waals surface area contributed by atoms with Crippen LogP contribution < -0.4 is 4.74 Å². The maximum atomic E-state index is 11.1. The van der Waals surface area contributed by atoms with Crippen LogP contribution in [0, 0.1) is 0 Å². The minimum Gasteiger partial charge on any atom is -0.494 e. The number of benzene rings is 1. The fourth-order valence-corrected chi connectivity index (χ4v) is 1.73. The van der Waals surface area contributed by atoms with Gasteiger partial charge in [-0.3, -0.25) is 4.79 Å². The van der Waals surface area contributed by atoms with Crippen LogP contribution in [0.15, 0.2) is 22.7 Å². The smallest absolute Gasteiger partial charge is 0.160 e. The second-order valence-corrected chi connectivity index (χ2v) is 3.90. The predicted molar refractivity (Wildman–Crippen MR) is 59.9 cm³/mol. The molecule has 0 amide bonds. The first-order valence-corrected chi connectivity index (χ1v) is 5.37. The highest BCUT2D eigenvalue weighted by Crippen LogP contribution is 2.23. The van der Waals surface area contributed by atoms with E-state index in [0.29, 0.717) is 12.2 Å². The SMILES string of the molecule is CCCOc1ccc(C(C)=O)c(Br)c1. The van der Waals surface area contributed by atoms with Crippen LogP contribution in [-0.4, -0.2) is 12.4 Å². The van der Waals surface area contributed by atoms with E-state index in [4.69, 9.17) is 4.74 Å². The van der Waals surface area contributed by atoms with E-state index >= 15 is 0 Å². The van der Waals surface area contributed by atoms with Gasteiger partial charge in [0.05, 0.1) is 6.61 Å². The lowest BCUT2D eigenvalue weighted by Crippen LogP contribution is -1.97. The van der Waals surface area contributed by atoms with Crippen LogP contribution in [0.5, 0.6) is 5.75 Å². The third-order valence-electron chi connectivity index (χ3n) is 1.79. The third kappa shape index (κ3) is 2.84. The highest BCUT2D eigenvalue weighted by atomic mass is 79.9. The molecule has 1 aromatic carbocycles. The van der Waals surface area contributed by atoms with Crippen LogP contribution in [0.2, 0.25) is 0 Å². The molecule has 0 aliphatic carbocycles. The summed E-state index contributed by atoms with van der Waals surface area (Å²) in [6, 6.07) is 5.42. The van der Waals surface area contributed by atoms with Crippen molar-refractivity contribution in [3.05, 3.63) is 28.2 Å². The summed E-state index contributed by atoms with van der Waals surface area (Å²) in [6.45, 7) is 4.30. The molecule has 0 saturated carbocycles. The van der Waals surface area contributed by atoms with Crippen molar-refractivity contribution in [1.82, 2.24) is 0 Å². The number of Topliss-reactive ketones (excluding diaryl/α,β-unsaturated/α-hetero) is 1. The van der Waals surface area contributed by atoms with E-state index in [1.807, 2.05) is 12.1 Å². The van der Waals surface area contributed by atoms with Gasteiger partial charge in [0.1, 0.15) is 5.75 Å². The Kier molecular flexibility index (Phi) is 4.14. The van der Waals surface area contributed by atoms with Gasteiger partial charge in [-0.1, -0.05) is 6.92 Å². The lowest BCUT2D eigenvalue weighted by Gasteiger charge is -2.06. The van der Waals surface area contributed by atoms with Gasteiger partial charge in [0.2, 0.25) is 0 Å². The molecule has 0 saturated heterocycles. The summed E-state index contributed by atoms with van der Waals surface area (Å²) in [5, 5.41) is 0. The van der Waals surface area contributed by atoms with Gasteiger partial charge < -0.3 is 4.74 Å². The highest BCUT2D eigenvalue weighted by Gasteiger charge is 2.05. The monoisotopic (exact) mass is 256 g/mol. The van der Waals surface area contributed by atoms with Crippen molar-refractivity contribution < 1.29 is 9.53 Å². The van der Waals surface area contributed by atoms with E-state index in [-0.39, 0.29) is 5.78 Å². The van der Waals surface area contributed by atoms with E-state index in [0.717, 1.165) is 16.6 Å². The third-order valence-corrected chi connectivity index (χ3v) is 2.45. The van der Waals surface area contributed by atoms with E-state index < -0.39 is 0 Å². The van der Waals surface area contributed by atoms with Crippen LogP contribution in [-0.2, 0) is 0 Å². The molecular formula is C11H13BrO2. The lowest BCUT2D eigenvalue weighted by molar-refractivity contribution is 0.101. The molecule has 0 heterocycles. The van der Waals surface area contributed by atoms with Gasteiger partial charge in [-0.2, -0.15) is 0 Å². The Bertz CT molecular complexity index is 334. The molecule has 0 radical (unpaired) electrons. The van der Waals surface area contributed by atoms with Gasteiger partial charge in [0, 0.05) is 10.0 Å². The summed E-state index contributed by atoms with van der Waals surface area (Å²) in [5.74, 6) is 0.850. The number of hydrogen-bond acceptors (Lipinski definition) is 2. The molecule has 3 heteroatoms. The Morgan fingerprint density at radius 3 is 2.71 bits per heavy atom. The van der Waals surface area contributed by atoms with Crippen molar-refractivity contribution in [2.24, 2.45) is 0 Å². The molecular weight excluding hydrogens is 244 g/mol. The van der Waals surface area contributed by atoms with Crippen LogP contribution in [0.3, 0.4) is 0 Å². The molecule has 2 nitrogen and oxygen atoms in total. The first kappa shape index (κ1) is 11.2. The Morgan fingerprint density at radius 2 is 2.21 bits per heavy atom. The molecule has 0 bridgehead atoms. The molecule has 0 aliphatic heterocycles. The molecule has 0 spiro atoms. The minimum absolute atomic E-state index is 0.0546. The molecule has 0 unspecified atom stereocenters. The van der Waals surface area contributed by atoms with Gasteiger partial charge in [-0.05, 0) is 47.5 Å².